The van der Waals surface area contributed by atoms with Gasteiger partial charge in [-0.1, -0.05) is 34.0 Å². The molecular weight excluding hydrogens is 454 g/mol. The number of carbonyl (C=O) groups is 3. The monoisotopic (exact) mass is 486 g/mol. The third-order valence-electron chi connectivity index (χ3n) is 7.88. The van der Waals surface area contributed by atoms with E-state index in [2.05, 4.69) is 5.32 Å². The molecule has 2 aromatic carbocycles. The van der Waals surface area contributed by atoms with E-state index in [0.717, 1.165) is 49.1 Å². The molecule has 2 aromatic rings. The van der Waals surface area contributed by atoms with E-state index in [-0.39, 0.29) is 27.3 Å². The van der Waals surface area contributed by atoms with Crippen LogP contribution in [0.5, 0.6) is 0 Å². The van der Waals surface area contributed by atoms with E-state index in [9.17, 15) is 19.5 Å². The number of piperidine rings is 1. The SMILES string of the molecule is CC(C)(C)[N+]1(C(=O)c2ccc(-c3cccc(C(=O)O)c3)cc2)N=CC2=C1C(=O)CC1(CCNCC1)C2. The highest BCUT2D eigenvalue weighted by molar-refractivity contribution is 6.06. The molecule has 1 spiro atoms. The lowest BCUT2D eigenvalue weighted by Gasteiger charge is -2.43. The minimum absolute atomic E-state index is 0.0287. The molecule has 0 radical (unpaired) electrons. The predicted molar refractivity (Wildman–Crippen MR) is 137 cm³/mol. The quantitative estimate of drug-likeness (QED) is 0.608. The van der Waals surface area contributed by atoms with Gasteiger partial charge in [-0.15, -0.1) is 0 Å². The molecule has 0 saturated carbocycles. The number of nitrogens with zero attached hydrogens (tertiary/aromatic N) is 2. The van der Waals surface area contributed by atoms with Crippen LogP contribution in [0.1, 0.15) is 67.2 Å². The molecule has 1 amide bonds. The second-order valence-electron chi connectivity index (χ2n) is 11.2. The summed E-state index contributed by atoms with van der Waals surface area (Å²) in [6.07, 6.45) is 4.92. The number of carboxylic acids is 1. The van der Waals surface area contributed by atoms with Gasteiger partial charge in [0.2, 0.25) is 11.5 Å². The average molecular weight is 487 g/mol. The first-order valence-electron chi connectivity index (χ1n) is 12.5. The van der Waals surface area contributed by atoms with Gasteiger partial charge in [-0.3, -0.25) is 4.79 Å². The van der Waals surface area contributed by atoms with Crippen LogP contribution in [0.25, 0.3) is 11.1 Å². The number of allylic oxidation sites excluding steroid dienone is 2. The van der Waals surface area contributed by atoms with E-state index in [4.69, 9.17) is 5.10 Å². The first kappa shape index (κ1) is 24.3. The summed E-state index contributed by atoms with van der Waals surface area (Å²) in [6, 6.07) is 13.8. The van der Waals surface area contributed by atoms with Crippen molar-refractivity contribution in [2.75, 3.05) is 13.1 Å². The molecular formula is C29H32N3O4+. The number of benzene rings is 2. The Morgan fingerprint density at radius 2 is 1.67 bits per heavy atom. The summed E-state index contributed by atoms with van der Waals surface area (Å²) in [5.41, 5.74) is 2.96. The summed E-state index contributed by atoms with van der Waals surface area (Å²) in [5.74, 6) is -1.19. The Kier molecular flexibility index (Phi) is 5.80. The Hall–Kier alpha value is -3.42. The number of rotatable bonds is 3. The normalized spacial score (nSPS) is 23.1. The van der Waals surface area contributed by atoms with Crippen LogP contribution in [-0.2, 0) is 4.79 Å². The lowest BCUT2D eigenvalue weighted by atomic mass is 9.67. The number of nitrogens with one attached hydrogen (secondary N) is 1. The maximum atomic E-state index is 14.2. The Morgan fingerprint density at radius 3 is 2.31 bits per heavy atom. The number of carboxylic acid groups (broad SMARTS) is 1. The first-order valence-corrected chi connectivity index (χ1v) is 12.5. The molecule has 1 unspecified atom stereocenters. The van der Waals surface area contributed by atoms with Crippen LogP contribution in [0.15, 0.2) is 64.9 Å². The molecule has 2 heterocycles. The van der Waals surface area contributed by atoms with Crippen molar-refractivity contribution >= 4 is 23.9 Å². The van der Waals surface area contributed by atoms with Crippen LogP contribution >= 0.6 is 0 Å². The highest BCUT2D eigenvalue weighted by Crippen LogP contribution is 2.50. The molecule has 1 atom stereocenters. The standard InChI is InChI=1S/C29H31N3O4/c1-28(2,3)32(25-23(18-31-32)16-29(17-24(25)33)11-13-30-14-12-29)26(34)20-9-7-19(8-10-20)21-5-4-6-22(15-21)27(35)36/h4-10,15,18,30H,11-14,16-17H2,1-3H3/p+1. The summed E-state index contributed by atoms with van der Waals surface area (Å²) in [5, 5.41) is 17.5. The lowest BCUT2D eigenvalue weighted by molar-refractivity contribution is -0.860. The van der Waals surface area contributed by atoms with E-state index >= 15 is 0 Å². The Morgan fingerprint density at radius 1 is 0.972 bits per heavy atom. The second kappa shape index (κ2) is 8.61. The fraction of sp³-hybridized carbons (Fsp3) is 0.379. The number of carbonyl (C=O) groups excluding carboxylic acids is 2. The van der Waals surface area contributed by atoms with Crippen molar-refractivity contribution in [3.8, 4) is 11.1 Å². The Labute approximate surface area is 211 Å². The molecule has 5 rings (SSSR count). The number of hydrogen-bond acceptors (Lipinski definition) is 5. The van der Waals surface area contributed by atoms with Gasteiger partial charge in [-0.2, -0.15) is 0 Å². The van der Waals surface area contributed by atoms with E-state index in [0.29, 0.717) is 17.7 Å². The summed E-state index contributed by atoms with van der Waals surface area (Å²) in [6.45, 7) is 7.67. The summed E-state index contributed by atoms with van der Waals surface area (Å²) >= 11 is 0. The number of hydrogen-bond donors (Lipinski definition) is 2. The molecule has 36 heavy (non-hydrogen) atoms. The minimum atomic E-state index is -0.986. The fourth-order valence-electron chi connectivity index (χ4n) is 5.96. The fourth-order valence-corrected chi connectivity index (χ4v) is 5.96. The number of Topliss-reactive ketones (excluding diaryl/α,β-unsaturated/α-hetero) is 1. The molecule has 1 aliphatic carbocycles. The van der Waals surface area contributed by atoms with E-state index in [1.807, 2.05) is 39.0 Å². The van der Waals surface area contributed by atoms with Gasteiger partial charge >= 0.3 is 11.9 Å². The van der Waals surface area contributed by atoms with Crippen molar-refractivity contribution in [1.29, 1.82) is 0 Å². The Balaban J connectivity index is 1.51. The maximum Gasteiger partial charge on any atom is 0.377 e. The molecule has 2 N–H and O–H groups in total. The number of quaternary nitrogens is 1. The predicted octanol–water partition coefficient (Wildman–Crippen LogP) is 4.79. The molecule has 1 saturated heterocycles. The van der Waals surface area contributed by atoms with E-state index < -0.39 is 11.5 Å². The van der Waals surface area contributed by atoms with Crippen LogP contribution in [0.2, 0.25) is 0 Å². The van der Waals surface area contributed by atoms with Crippen molar-refractivity contribution in [2.45, 2.75) is 52.0 Å². The van der Waals surface area contributed by atoms with Crippen LogP contribution in [0.3, 0.4) is 0 Å². The third-order valence-corrected chi connectivity index (χ3v) is 7.88. The third kappa shape index (κ3) is 3.83. The number of amides is 1. The first-order chi connectivity index (χ1) is 17.1. The minimum Gasteiger partial charge on any atom is -0.478 e. The second-order valence-corrected chi connectivity index (χ2v) is 11.2. The summed E-state index contributed by atoms with van der Waals surface area (Å²) < 4.78 is -0.358. The number of aromatic carboxylic acids is 1. The zero-order chi connectivity index (χ0) is 25.7. The van der Waals surface area contributed by atoms with Crippen LogP contribution in [0.4, 0.5) is 0 Å². The molecule has 2 aliphatic heterocycles. The summed E-state index contributed by atoms with van der Waals surface area (Å²) in [4.78, 5) is 39.2. The van der Waals surface area contributed by atoms with Crippen molar-refractivity contribution < 1.29 is 24.1 Å². The van der Waals surface area contributed by atoms with Crippen LogP contribution < -0.4 is 5.32 Å². The van der Waals surface area contributed by atoms with Gasteiger partial charge in [-0.25, -0.2) is 9.59 Å². The van der Waals surface area contributed by atoms with Crippen molar-refractivity contribution in [3.63, 3.8) is 0 Å². The zero-order valence-electron chi connectivity index (χ0n) is 21.0. The summed E-state index contributed by atoms with van der Waals surface area (Å²) in [7, 11) is 0. The smallest absolute Gasteiger partial charge is 0.377 e. The van der Waals surface area contributed by atoms with E-state index in [1.54, 1.807) is 36.5 Å². The largest absolute Gasteiger partial charge is 0.478 e. The highest BCUT2D eigenvalue weighted by atomic mass is 16.4. The molecule has 7 nitrogen and oxygen atoms in total. The zero-order valence-corrected chi connectivity index (χ0v) is 21.0. The van der Waals surface area contributed by atoms with E-state index in [1.165, 1.54) is 0 Å². The highest BCUT2D eigenvalue weighted by Gasteiger charge is 2.60. The van der Waals surface area contributed by atoms with Gasteiger partial charge < -0.3 is 10.4 Å². The van der Waals surface area contributed by atoms with Gasteiger partial charge in [-0.05, 0) is 93.9 Å². The molecule has 1 fully saturated rings. The molecule has 7 heteroatoms. The Bertz CT molecular complexity index is 1310. The molecule has 0 bridgehead atoms. The van der Waals surface area contributed by atoms with Crippen molar-refractivity contribution in [3.05, 3.63) is 70.9 Å². The molecule has 3 aliphatic rings. The molecule has 0 aromatic heterocycles. The molecule has 186 valence electrons. The van der Waals surface area contributed by atoms with Gasteiger partial charge in [0.15, 0.2) is 0 Å². The number of ketones is 1. The van der Waals surface area contributed by atoms with Crippen molar-refractivity contribution in [1.82, 2.24) is 5.32 Å². The van der Waals surface area contributed by atoms with Crippen LogP contribution in [0, 0.1) is 5.41 Å². The van der Waals surface area contributed by atoms with Crippen molar-refractivity contribution in [2.24, 2.45) is 10.5 Å². The van der Waals surface area contributed by atoms with Gasteiger partial charge in [0.25, 0.3) is 0 Å². The maximum absolute atomic E-state index is 14.2. The van der Waals surface area contributed by atoms with Gasteiger partial charge in [0.05, 0.1) is 17.3 Å². The van der Waals surface area contributed by atoms with Gasteiger partial charge in [0, 0.05) is 12.0 Å². The van der Waals surface area contributed by atoms with Crippen LogP contribution in [-0.4, -0.2) is 52.2 Å². The van der Waals surface area contributed by atoms with Gasteiger partial charge in [0.1, 0.15) is 5.54 Å². The average Bonchev–Trinajstić information content (AvgIpc) is 3.25. The topological polar surface area (TPSA) is 95.8 Å². The lowest BCUT2D eigenvalue weighted by Crippen LogP contribution is -2.60.